The Morgan fingerprint density at radius 3 is 2.38 bits per heavy atom. The first kappa shape index (κ1) is 25.8. The van der Waals surface area contributed by atoms with E-state index >= 15 is 0 Å². The minimum Gasteiger partial charge on any atom is -0.497 e. The van der Waals surface area contributed by atoms with Crippen molar-refractivity contribution in [3.05, 3.63) is 88.6 Å². The van der Waals surface area contributed by atoms with Crippen LogP contribution in [0.5, 0.6) is 17.2 Å². The molecule has 1 atom stereocenters. The van der Waals surface area contributed by atoms with Crippen molar-refractivity contribution in [3.63, 3.8) is 0 Å². The van der Waals surface area contributed by atoms with Crippen LogP contribution in [0.3, 0.4) is 0 Å². The molecule has 39 heavy (non-hydrogen) atoms. The molecule has 1 amide bonds. The number of anilines is 2. The third kappa shape index (κ3) is 4.79. The Morgan fingerprint density at radius 1 is 0.897 bits per heavy atom. The molecular formula is C30H31N5O4. The van der Waals surface area contributed by atoms with Gasteiger partial charge in [0.05, 0.1) is 32.6 Å². The normalized spacial score (nSPS) is 14.4. The van der Waals surface area contributed by atoms with E-state index in [1.165, 1.54) is 5.56 Å². The summed E-state index contributed by atoms with van der Waals surface area (Å²) in [7, 11) is 4.76. The summed E-state index contributed by atoms with van der Waals surface area (Å²) in [4.78, 5) is 18.7. The highest BCUT2D eigenvalue weighted by atomic mass is 16.5. The van der Waals surface area contributed by atoms with Crippen molar-refractivity contribution in [2.45, 2.75) is 26.8 Å². The molecule has 0 bridgehead atoms. The van der Waals surface area contributed by atoms with Crippen molar-refractivity contribution in [1.29, 1.82) is 0 Å². The molecule has 0 saturated heterocycles. The van der Waals surface area contributed by atoms with E-state index in [4.69, 9.17) is 24.3 Å². The number of nitrogens with one attached hydrogen (secondary N) is 2. The van der Waals surface area contributed by atoms with E-state index in [2.05, 4.69) is 36.6 Å². The van der Waals surface area contributed by atoms with Crippen LogP contribution in [0.1, 0.15) is 29.7 Å². The van der Waals surface area contributed by atoms with Gasteiger partial charge in [0.2, 0.25) is 5.95 Å². The van der Waals surface area contributed by atoms with Crippen LogP contribution in [0.25, 0.3) is 11.4 Å². The van der Waals surface area contributed by atoms with Gasteiger partial charge in [0.1, 0.15) is 23.3 Å². The Morgan fingerprint density at radius 2 is 1.67 bits per heavy atom. The second-order valence-corrected chi connectivity index (χ2v) is 9.33. The van der Waals surface area contributed by atoms with Crippen LogP contribution in [-0.4, -0.2) is 42.0 Å². The van der Waals surface area contributed by atoms with Crippen LogP contribution >= 0.6 is 0 Å². The van der Waals surface area contributed by atoms with Crippen molar-refractivity contribution in [3.8, 4) is 28.6 Å². The number of rotatable bonds is 7. The molecule has 0 saturated carbocycles. The third-order valence-electron chi connectivity index (χ3n) is 6.95. The molecule has 0 radical (unpaired) electrons. The number of fused-ring (bicyclic) bond motifs is 1. The SMILES string of the molecule is COc1ccc(C2C(C(=O)Nc3ccccc3OC)=C(C)Nc3nc(-c4ccc(C)c(C)c4)nn32)c(OC)c1. The van der Waals surface area contributed by atoms with Crippen LogP contribution < -0.4 is 24.8 Å². The largest absolute Gasteiger partial charge is 0.497 e. The predicted molar refractivity (Wildman–Crippen MR) is 151 cm³/mol. The molecule has 4 aromatic rings. The van der Waals surface area contributed by atoms with Crippen molar-refractivity contribution in [1.82, 2.24) is 14.8 Å². The average molecular weight is 526 g/mol. The number of hydrogen-bond acceptors (Lipinski definition) is 7. The van der Waals surface area contributed by atoms with Crippen molar-refractivity contribution in [2.75, 3.05) is 32.0 Å². The Hall–Kier alpha value is -4.79. The zero-order chi connectivity index (χ0) is 27.7. The highest BCUT2D eigenvalue weighted by molar-refractivity contribution is 6.06. The Bertz CT molecular complexity index is 1590. The Balaban J connectivity index is 1.65. The number of nitrogens with zero attached hydrogens (tertiary/aromatic N) is 3. The first-order valence-electron chi connectivity index (χ1n) is 12.5. The average Bonchev–Trinajstić information content (AvgIpc) is 3.37. The maximum atomic E-state index is 13.9. The minimum atomic E-state index is -0.635. The fraction of sp³-hybridized carbons (Fsp3) is 0.233. The quantitative estimate of drug-likeness (QED) is 0.328. The maximum Gasteiger partial charge on any atom is 0.255 e. The lowest BCUT2D eigenvalue weighted by Crippen LogP contribution is -2.31. The van der Waals surface area contributed by atoms with Crippen LogP contribution in [-0.2, 0) is 4.79 Å². The van der Waals surface area contributed by atoms with Gasteiger partial charge in [0.15, 0.2) is 5.82 Å². The monoisotopic (exact) mass is 525 g/mol. The van der Waals surface area contributed by atoms with Crippen LogP contribution in [0.15, 0.2) is 71.9 Å². The molecule has 2 N–H and O–H groups in total. The van der Waals surface area contributed by atoms with E-state index < -0.39 is 6.04 Å². The molecule has 1 aromatic heterocycles. The summed E-state index contributed by atoms with van der Waals surface area (Å²) in [6.45, 7) is 5.98. The molecule has 1 aliphatic heterocycles. The molecule has 3 aromatic carbocycles. The van der Waals surface area contributed by atoms with Crippen LogP contribution in [0.4, 0.5) is 11.6 Å². The second-order valence-electron chi connectivity index (χ2n) is 9.33. The fourth-order valence-corrected chi connectivity index (χ4v) is 4.72. The number of aryl methyl sites for hydroxylation is 2. The molecule has 2 heterocycles. The van der Waals surface area contributed by atoms with E-state index in [1.54, 1.807) is 44.2 Å². The van der Waals surface area contributed by atoms with Gasteiger partial charge in [-0.05, 0) is 62.2 Å². The number of para-hydroxylation sites is 2. The van der Waals surface area contributed by atoms with Crippen molar-refractivity contribution >= 4 is 17.5 Å². The van der Waals surface area contributed by atoms with Crippen LogP contribution in [0, 0.1) is 13.8 Å². The molecular weight excluding hydrogens is 494 g/mol. The zero-order valence-corrected chi connectivity index (χ0v) is 22.8. The smallest absolute Gasteiger partial charge is 0.255 e. The van der Waals surface area contributed by atoms with E-state index in [1.807, 2.05) is 37.3 Å². The Kier molecular flexibility index (Phi) is 6.98. The minimum absolute atomic E-state index is 0.304. The van der Waals surface area contributed by atoms with Gasteiger partial charge in [-0.25, -0.2) is 4.68 Å². The summed E-state index contributed by atoms with van der Waals surface area (Å²) >= 11 is 0. The van der Waals surface area contributed by atoms with Gasteiger partial charge in [-0.1, -0.05) is 24.3 Å². The lowest BCUT2D eigenvalue weighted by Gasteiger charge is -2.29. The molecule has 0 fully saturated rings. The summed E-state index contributed by atoms with van der Waals surface area (Å²) in [6, 6.07) is 18.3. The lowest BCUT2D eigenvalue weighted by atomic mass is 9.94. The van der Waals surface area contributed by atoms with Gasteiger partial charge >= 0.3 is 0 Å². The maximum absolute atomic E-state index is 13.9. The van der Waals surface area contributed by atoms with Gasteiger partial charge in [-0.15, -0.1) is 5.10 Å². The summed E-state index contributed by atoms with van der Waals surface area (Å²) in [6.07, 6.45) is 0. The number of methoxy groups -OCH3 is 3. The number of ether oxygens (including phenoxy) is 3. The van der Waals surface area contributed by atoms with E-state index in [0.717, 1.165) is 16.7 Å². The lowest BCUT2D eigenvalue weighted by molar-refractivity contribution is -0.113. The van der Waals surface area contributed by atoms with Crippen molar-refractivity contribution in [2.24, 2.45) is 0 Å². The molecule has 9 heteroatoms. The molecule has 9 nitrogen and oxygen atoms in total. The number of aromatic nitrogens is 3. The summed E-state index contributed by atoms with van der Waals surface area (Å²) < 4.78 is 18.4. The molecule has 0 spiro atoms. The van der Waals surface area contributed by atoms with E-state index in [0.29, 0.717) is 46.0 Å². The Labute approximate surface area is 227 Å². The van der Waals surface area contributed by atoms with E-state index in [9.17, 15) is 4.79 Å². The predicted octanol–water partition coefficient (Wildman–Crippen LogP) is 5.52. The highest BCUT2D eigenvalue weighted by Gasteiger charge is 2.36. The van der Waals surface area contributed by atoms with Gasteiger partial charge in [-0.2, -0.15) is 4.98 Å². The van der Waals surface area contributed by atoms with Gasteiger partial charge in [0, 0.05) is 22.9 Å². The number of amides is 1. The summed E-state index contributed by atoms with van der Waals surface area (Å²) in [5.74, 6) is 2.53. The second kappa shape index (κ2) is 10.5. The van der Waals surface area contributed by atoms with Gasteiger partial charge < -0.3 is 24.8 Å². The highest BCUT2D eigenvalue weighted by Crippen LogP contribution is 2.41. The number of hydrogen-bond donors (Lipinski definition) is 2. The van der Waals surface area contributed by atoms with Gasteiger partial charge in [-0.3, -0.25) is 4.79 Å². The standard InChI is InChI=1S/C30H31N5O4/c1-17-11-12-20(15-18(17)2)28-33-30-31-19(3)26(29(36)32-23-9-7-8-10-24(23)38-5)27(35(30)34-28)22-14-13-21(37-4)16-25(22)39-6/h7-16,27H,1-6H3,(H,32,36)(H,31,33,34). The molecule has 5 rings (SSSR count). The first-order valence-corrected chi connectivity index (χ1v) is 12.5. The molecule has 1 aliphatic rings. The fourth-order valence-electron chi connectivity index (χ4n) is 4.72. The molecule has 0 aliphatic carbocycles. The van der Waals surface area contributed by atoms with Crippen molar-refractivity contribution < 1.29 is 19.0 Å². The molecule has 200 valence electrons. The molecule has 1 unspecified atom stereocenters. The number of carbonyl (C=O) groups is 1. The van der Waals surface area contributed by atoms with Gasteiger partial charge in [0.25, 0.3) is 5.91 Å². The number of allylic oxidation sites excluding steroid dienone is 1. The van der Waals surface area contributed by atoms with E-state index in [-0.39, 0.29) is 5.91 Å². The zero-order valence-electron chi connectivity index (χ0n) is 22.8. The third-order valence-corrected chi connectivity index (χ3v) is 6.95. The first-order chi connectivity index (χ1) is 18.8. The summed E-state index contributed by atoms with van der Waals surface area (Å²) in [5, 5.41) is 11.2. The van der Waals surface area contributed by atoms with Crippen LogP contribution in [0.2, 0.25) is 0 Å². The topological polar surface area (TPSA) is 99.5 Å². The number of benzene rings is 3. The summed E-state index contributed by atoms with van der Waals surface area (Å²) in [5.41, 5.74) is 5.64. The number of carbonyl (C=O) groups excluding carboxylic acids is 1.